The zero-order valence-electron chi connectivity index (χ0n) is 8.68. The molecule has 0 unspecified atom stereocenters. The van der Waals surface area contributed by atoms with Gasteiger partial charge in [-0.1, -0.05) is 15.9 Å². The number of rotatable bonds is 3. The molecule has 0 radical (unpaired) electrons. The summed E-state index contributed by atoms with van der Waals surface area (Å²) < 4.78 is 25.2. The molecule has 1 aromatic carbocycles. The highest BCUT2D eigenvalue weighted by molar-refractivity contribution is 9.10. The third-order valence-electron chi connectivity index (χ3n) is 2.21. The lowest BCUT2D eigenvalue weighted by Gasteiger charge is -2.21. The van der Waals surface area contributed by atoms with Crippen LogP contribution in [-0.4, -0.2) is 20.3 Å². The largest absolute Gasteiger partial charge is 0.486 e. The first-order valence-electron chi connectivity index (χ1n) is 4.76. The van der Waals surface area contributed by atoms with Gasteiger partial charge in [0.05, 0.1) is 13.7 Å². The van der Waals surface area contributed by atoms with E-state index in [9.17, 15) is 4.39 Å². The molecule has 2 rings (SSSR count). The summed E-state index contributed by atoms with van der Waals surface area (Å²) in [5.41, 5.74) is 3.04. The lowest BCUT2D eigenvalue weighted by atomic mass is 10.2. The van der Waals surface area contributed by atoms with Gasteiger partial charge >= 0.3 is 0 Å². The van der Waals surface area contributed by atoms with E-state index in [1.807, 2.05) is 0 Å². The second-order valence-electron chi connectivity index (χ2n) is 3.20. The Balaban J connectivity index is 2.37. The Morgan fingerprint density at radius 3 is 3.00 bits per heavy atom. The smallest absolute Gasteiger partial charge is 0.197 e. The van der Waals surface area contributed by atoms with Crippen LogP contribution in [-0.2, 0) is 11.4 Å². The maximum Gasteiger partial charge on any atom is 0.197 e. The molecule has 0 aliphatic carbocycles. The molecule has 0 amide bonds. The number of nitrogens with one attached hydrogen (secondary N) is 1. The van der Waals surface area contributed by atoms with Gasteiger partial charge in [0.25, 0.3) is 0 Å². The minimum absolute atomic E-state index is 0.169. The fourth-order valence-corrected chi connectivity index (χ4v) is 1.98. The van der Waals surface area contributed by atoms with Gasteiger partial charge in [-0.3, -0.25) is 0 Å². The van der Waals surface area contributed by atoms with Gasteiger partial charge in [0, 0.05) is 10.0 Å². The molecular weight excluding hydrogens is 281 g/mol. The summed E-state index contributed by atoms with van der Waals surface area (Å²) in [6.07, 6.45) is 0. The summed E-state index contributed by atoms with van der Waals surface area (Å²) in [6, 6.07) is 1.70. The molecule has 0 atom stereocenters. The number of hydrogen-bond donors (Lipinski definition) is 1. The first kappa shape index (κ1) is 11.6. The molecule has 6 heteroatoms. The quantitative estimate of drug-likeness (QED) is 0.865. The molecule has 1 aliphatic rings. The van der Waals surface area contributed by atoms with E-state index in [1.54, 1.807) is 6.07 Å². The fourth-order valence-electron chi connectivity index (χ4n) is 1.46. The van der Waals surface area contributed by atoms with Crippen LogP contribution in [0.25, 0.3) is 0 Å². The van der Waals surface area contributed by atoms with Crippen LogP contribution in [0.1, 0.15) is 5.56 Å². The lowest BCUT2D eigenvalue weighted by molar-refractivity contribution is 0.0853. The molecule has 88 valence electrons. The zero-order valence-corrected chi connectivity index (χ0v) is 10.3. The van der Waals surface area contributed by atoms with E-state index in [-0.39, 0.29) is 12.3 Å². The van der Waals surface area contributed by atoms with Gasteiger partial charge in [-0.25, -0.2) is 4.39 Å². The van der Waals surface area contributed by atoms with Crippen LogP contribution in [0.3, 0.4) is 0 Å². The van der Waals surface area contributed by atoms with Gasteiger partial charge in [-0.15, -0.1) is 0 Å². The molecular formula is C10H11BrFNO3. The van der Waals surface area contributed by atoms with Gasteiger partial charge in [-0.05, 0) is 6.07 Å². The molecule has 1 N–H and O–H groups in total. The zero-order chi connectivity index (χ0) is 11.5. The summed E-state index contributed by atoms with van der Waals surface area (Å²) in [4.78, 5) is 4.69. The second kappa shape index (κ2) is 4.99. The third-order valence-corrected chi connectivity index (χ3v) is 2.92. The molecule has 0 saturated carbocycles. The molecule has 1 heterocycles. The Bertz CT molecular complexity index is 400. The standard InChI is InChI=1S/C10H11BrFNO3/c1-14-13-5-6-7(11)4-8-10(9(6)12)16-3-2-15-8/h4,13H,2-3,5H2,1H3. The van der Waals surface area contributed by atoms with Crippen LogP contribution < -0.4 is 15.0 Å². The molecule has 0 bridgehead atoms. The number of benzene rings is 1. The average molecular weight is 292 g/mol. The normalized spacial score (nSPS) is 13.9. The number of hydrogen-bond acceptors (Lipinski definition) is 4. The molecule has 1 aliphatic heterocycles. The van der Waals surface area contributed by atoms with Crippen LogP contribution in [0, 0.1) is 5.82 Å². The van der Waals surface area contributed by atoms with E-state index in [0.717, 1.165) is 0 Å². The van der Waals surface area contributed by atoms with Crippen molar-refractivity contribution in [2.75, 3.05) is 20.3 Å². The highest BCUT2D eigenvalue weighted by Gasteiger charge is 2.22. The van der Waals surface area contributed by atoms with Gasteiger partial charge in [0.2, 0.25) is 0 Å². The highest BCUT2D eigenvalue weighted by atomic mass is 79.9. The van der Waals surface area contributed by atoms with Crippen LogP contribution in [0.5, 0.6) is 11.5 Å². The molecule has 0 fully saturated rings. The molecule has 0 saturated heterocycles. The second-order valence-corrected chi connectivity index (χ2v) is 4.05. The third kappa shape index (κ3) is 2.14. The van der Waals surface area contributed by atoms with Crippen molar-refractivity contribution < 1.29 is 18.7 Å². The van der Waals surface area contributed by atoms with E-state index < -0.39 is 5.82 Å². The van der Waals surface area contributed by atoms with Gasteiger partial charge in [0.1, 0.15) is 13.2 Å². The molecule has 16 heavy (non-hydrogen) atoms. The van der Waals surface area contributed by atoms with Crippen molar-refractivity contribution >= 4 is 15.9 Å². The van der Waals surface area contributed by atoms with Crippen LogP contribution in [0.15, 0.2) is 10.5 Å². The van der Waals surface area contributed by atoms with E-state index in [2.05, 4.69) is 21.4 Å². The Kier molecular flexibility index (Phi) is 3.63. The Hall–Kier alpha value is -0.850. The topological polar surface area (TPSA) is 39.7 Å². The van der Waals surface area contributed by atoms with Crippen molar-refractivity contribution in [1.82, 2.24) is 5.48 Å². The van der Waals surface area contributed by atoms with E-state index in [0.29, 0.717) is 29.0 Å². The lowest BCUT2D eigenvalue weighted by Crippen LogP contribution is -2.19. The first-order chi connectivity index (χ1) is 7.74. The SMILES string of the molecule is CONCc1c(Br)cc2c(c1F)OCCO2. The van der Waals surface area contributed by atoms with Crippen molar-refractivity contribution in [1.29, 1.82) is 0 Å². The highest BCUT2D eigenvalue weighted by Crippen LogP contribution is 2.38. The van der Waals surface area contributed by atoms with Gasteiger partial charge in [0.15, 0.2) is 17.3 Å². The molecule has 1 aromatic rings. The van der Waals surface area contributed by atoms with Crippen LogP contribution >= 0.6 is 15.9 Å². The summed E-state index contributed by atoms with van der Waals surface area (Å²) in [5.74, 6) is 0.174. The monoisotopic (exact) mass is 291 g/mol. The number of hydroxylamine groups is 1. The first-order valence-corrected chi connectivity index (χ1v) is 5.55. The van der Waals surface area contributed by atoms with E-state index in [4.69, 9.17) is 14.3 Å². The molecule has 0 spiro atoms. The van der Waals surface area contributed by atoms with Crippen LogP contribution in [0.2, 0.25) is 0 Å². The maximum atomic E-state index is 14.0. The Morgan fingerprint density at radius 1 is 1.50 bits per heavy atom. The van der Waals surface area contributed by atoms with Crippen molar-refractivity contribution in [2.45, 2.75) is 6.54 Å². The maximum absolute atomic E-state index is 14.0. The fraction of sp³-hybridized carbons (Fsp3) is 0.400. The van der Waals surface area contributed by atoms with E-state index in [1.165, 1.54) is 7.11 Å². The summed E-state index contributed by atoms with van der Waals surface area (Å²) in [6.45, 7) is 1.05. The van der Waals surface area contributed by atoms with Crippen molar-refractivity contribution in [3.63, 3.8) is 0 Å². The minimum atomic E-state index is -0.423. The Morgan fingerprint density at radius 2 is 2.25 bits per heavy atom. The number of ether oxygens (including phenoxy) is 2. The van der Waals surface area contributed by atoms with E-state index >= 15 is 0 Å². The van der Waals surface area contributed by atoms with Crippen molar-refractivity contribution in [3.8, 4) is 11.5 Å². The number of fused-ring (bicyclic) bond motifs is 1. The predicted molar refractivity (Wildman–Crippen MR) is 58.9 cm³/mol. The Labute approximate surface area is 101 Å². The number of halogens is 2. The van der Waals surface area contributed by atoms with Gasteiger partial charge < -0.3 is 14.3 Å². The van der Waals surface area contributed by atoms with Crippen molar-refractivity contribution in [2.24, 2.45) is 0 Å². The van der Waals surface area contributed by atoms with Crippen LogP contribution in [0.4, 0.5) is 4.39 Å². The molecule has 4 nitrogen and oxygen atoms in total. The van der Waals surface area contributed by atoms with Crippen molar-refractivity contribution in [3.05, 3.63) is 21.9 Å². The molecule has 0 aromatic heterocycles. The predicted octanol–water partition coefficient (Wildman–Crippen LogP) is 2.01. The summed E-state index contributed by atoms with van der Waals surface area (Å²) in [7, 11) is 1.48. The summed E-state index contributed by atoms with van der Waals surface area (Å²) in [5, 5.41) is 0. The van der Waals surface area contributed by atoms with Gasteiger partial charge in [-0.2, -0.15) is 5.48 Å². The summed E-state index contributed by atoms with van der Waals surface area (Å²) >= 11 is 3.29. The minimum Gasteiger partial charge on any atom is -0.486 e. The average Bonchev–Trinajstić information content (AvgIpc) is 2.29.